The summed E-state index contributed by atoms with van der Waals surface area (Å²) in [5.41, 5.74) is 2.28. The van der Waals surface area contributed by atoms with Crippen molar-refractivity contribution in [2.75, 3.05) is 26.3 Å². The van der Waals surface area contributed by atoms with Crippen LogP contribution in [0.25, 0.3) is 10.9 Å². The van der Waals surface area contributed by atoms with Gasteiger partial charge in [0.2, 0.25) is 0 Å². The van der Waals surface area contributed by atoms with Crippen LogP contribution in [0, 0.1) is 6.92 Å². The van der Waals surface area contributed by atoms with Gasteiger partial charge < -0.3 is 9.64 Å². The molecule has 1 amide bonds. The lowest BCUT2D eigenvalue weighted by Crippen LogP contribution is -2.41. The van der Waals surface area contributed by atoms with Gasteiger partial charge >= 0.3 is 0 Å². The number of nitrogens with zero attached hydrogens (tertiary/aromatic N) is 3. The summed E-state index contributed by atoms with van der Waals surface area (Å²) in [4.78, 5) is 22.8. The molecule has 2 aromatic rings. The molecule has 3 rings (SSSR count). The highest BCUT2D eigenvalue weighted by molar-refractivity contribution is 5.98. The lowest BCUT2D eigenvalue weighted by molar-refractivity contribution is 0.0302. The SMILES string of the molecule is Cc1nc2ccncc2cc1C(=O)N1CCOCC1. The van der Waals surface area contributed by atoms with E-state index in [-0.39, 0.29) is 5.91 Å². The predicted octanol–water partition coefficient (Wildman–Crippen LogP) is 1.41. The molecule has 2 aromatic heterocycles. The number of morpholine rings is 1. The molecule has 0 radical (unpaired) electrons. The van der Waals surface area contributed by atoms with Crippen LogP contribution in [-0.2, 0) is 4.74 Å². The number of fused-ring (bicyclic) bond motifs is 1. The molecule has 1 aliphatic rings. The average molecular weight is 257 g/mol. The monoisotopic (exact) mass is 257 g/mol. The third-order valence-corrected chi connectivity index (χ3v) is 3.33. The second-order valence-corrected chi connectivity index (χ2v) is 4.59. The van der Waals surface area contributed by atoms with Crippen molar-refractivity contribution in [2.24, 2.45) is 0 Å². The Kier molecular flexibility index (Phi) is 3.13. The first-order valence-electron chi connectivity index (χ1n) is 6.34. The van der Waals surface area contributed by atoms with E-state index >= 15 is 0 Å². The minimum atomic E-state index is 0.0269. The maximum absolute atomic E-state index is 12.5. The van der Waals surface area contributed by atoms with E-state index in [0.717, 1.165) is 16.6 Å². The van der Waals surface area contributed by atoms with Crippen molar-refractivity contribution in [1.82, 2.24) is 14.9 Å². The van der Waals surface area contributed by atoms with E-state index in [1.165, 1.54) is 0 Å². The largest absolute Gasteiger partial charge is 0.378 e. The molecule has 19 heavy (non-hydrogen) atoms. The molecule has 0 spiro atoms. The molecular formula is C14H15N3O2. The van der Waals surface area contributed by atoms with Gasteiger partial charge in [-0.1, -0.05) is 0 Å². The van der Waals surface area contributed by atoms with Crippen LogP contribution in [0.2, 0.25) is 0 Å². The summed E-state index contributed by atoms with van der Waals surface area (Å²) in [7, 11) is 0. The Morgan fingerprint density at radius 1 is 1.37 bits per heavy atom. The van der Waals surface area contributed by atoms with E-state index in [1.807, 2.05) is 24.0 Å². The van der Waals surface area contributed by atoms with Gasteiger partial charge in [0, 0.05) is 30.9 Å². The van der Waals surface area contributed by atoms with E-state index < -0.39 is 0 Å². The highest BCUT2D eigenvalue weighted by atomic mass is 16.5. The molecule has 0 saturated carbocycles. The number of hydrogen-bond donors (Lipinski definition) is 0. The quantitative estimate of drug-likeness (QED) is 0.775. The molecule has 0 bridgehead atoms. The standard InChI is InChI=1S/C14H15N3O2/c1-10-12(14(18)17-4-6-19-7-5-17)8-11-9-15-3-2-13(11)16-10/h2-3,8-9H,4-7H2,1H3. The predicted molar refractivity (Wildman–Crippen MR) is 71.0 cm³/mol. The second-order valence-electron chi connectivity index (χ2n) is 4.59. The van der Waals surface area contributed by atoms with Crippen molar-refractivity contribution in [3.05, 3.63) is 35.8 Å². The smallest absolute Gasteiger partial charge is 0.255 e. The zero-order valence-electron chi connectivity index (χ0n) is 10.8. The minimum absolute atomic E-state index is 0.0269. The van der Waals surface area contributed by atoms with Crippen LogP contribution in [0.15, 0.2) is 24.5 Å². The van der Waals surface area contributed by atoms with Gasteiger partial charge in [-0.3, -0.25) is 14.8 Å². The Bertz CT molecular complexity index is 621. The Balaban J connectivity index is 1.99. The van der Waals surface area contributed by atoms with Gasteiger partial charge in [0.1, 0.15) is 0 Å². The normalized spacial score (nSPS) is 15.7. The Morgan fingerprint density at radius 3 is 2.95 bits per heavy atom. The number of ether oxygens (including phenoxy) is 1. The van der Waals surface area contributed by atoms with E-state index in [1.54, 1.807) is 12.4 Å². The molecule has 0 atom stereocenters. The van der Waals surface area contributed by atoms with Gasteiger partial charge in [-0.05, 0) is 19.1 Å². The van der Waals surface area contributed by atoms with Crippen molar-refractivity contribution < 1.29 is 9.53 Å². The van der Waals surface area contributed by atoms with Gasteiger partial charge in [0.25, 0.3) is 5.91 Å². The Morgan fingerprint density at radius 2 is 2.16 bits per heavy atom. The fraction of sp³-hybridized carbons (Fsp3) is 0.357. The number of rotatable bonds is 1. The zero-order valence-corrected chi connectivity index (χ0v) is 10.8. The molecular weight excluding hydrogens is 242 g/mol. The summed E-state index contributed by atoms with van der Waals surface area (Å²) in [6, 6.07) is 3.73. The van der Waals surface area contributed by atoms with E-state index in [9.17, 15) is 4.79 Å². The summed E-state index contributed by atoms with van der Waals surface area (Å²) in [5, 5.41) is 0.893. The molecule has 1 fully saturated rings. The van der Waals surface area contributed by atoms with Crippen LogP contribution in [-0.4, -0.2) is 47.1 Å². The number of carbonyl (C=O) groups is 1. The number of carbonyl (C=O) groups excluding carboxylic acids is 1. The van der Waals surface area contributed by atoms with Crippen molar-refractivity contribution >= 4 is 16.8 Å². The fourth-order valence-electron chi connectivity index (χ4n) is 2.27. The van der Waals surface area contributed by atoms with Gasteiger partial charge in [-0.2, -0.15) is 0 Å². The Labute approximate surface area is 111 Å². The molecule has 0 N–H and O–H groups in total. The van der Waals surface area contributed by atoms with Crippen molar-refractivity contribution in [3.8, 4) is 0 Å². The zero-order chi connectivity index (χ0) is 13.2. The molecule has 0 aliphatic carbocycles. The van der Waals surface area contributed by atoms with Crippen LogP contribution in [0.3, 0.4) is 0 Å². The molecule has 5 heteroatoms. The summed E-state index contributed by atoms with van der Waals surface area (Å²) in [6.07, 6.45) is 3.44. The summed E-state index contributed by atoms with van der Waals surface area (Å²) < 4.78 is 5.27. The van der Waals surface area contributed by atoms with Crippen LogP contribution >= 0.6 is 0 Å². The average Bonchev–Trinajstić information content (AvgIpc) is 2.47. The van der Waals surface area contributed by atoms with Crippen LogP contribution in [0.5, 0.6) is 0 Å². The molecule has 3 heterocycles. The van der Waals surface area contributed by atoms with Gasteiger partial charge in [0.05, 0.1) is 30.0 Å². The molecule has 1 saturated heterocycles. The van der Waals surface area contributed by atoms with E-state index in [0.29, 0.717) is 31.9 Å². The van der Waals surface area contributed by atoms with Gasteiger partial charge in [0.15, 0.2) is 0 Å². The van der Waals surface area contributed by atoms with E-state index in [4.69, 9.17) is 4.74 Å². The van der Waals surface area contributed by atoms with Crippen molar-refractivity contribution in [2.45, 2.75) is 6.92 Å². The van der Waals surface area contributed by atoms with Crippen molar-refractivity contribution in [1.29, 1.82) is 0 Å². The fourth-order valence-corrected chi connectivity index (χ4v) is 2.27. The lowest BCUT2D eigenvalue weighted by Gasteiger charge is -2.27. The maximum atomic E-state index is 12.5. The molecule has 5 nitrogen and oxygen atoms in total. The van der Waals surface area contributed by atoms with Crippen LogP contribution in [0.1, 0.15) is 16.1 Å². The minimum Gasteiger partial charge on any atom is -0.378 e. The first-order valence-corrected chi connectivity index (χ1v) is 6.34. The van der Waals surface area contributed by atoms with Crippen LogP contribution < -0.4 is 0 Å². The molecule has 0 aromatic carbocycles. The highest BCUT2D eigenvalue weighted by Gasteiger charge is 2.20. The number of hydrogen-bond acceptors (Lipinski definition) is 4. The first kappa shape index (κ1) is 12.0. The maximum Gasteiger partial charge on any atom is 0.255 e. The molecule has 98 valence electrons. The number of pyridine rings is 2. The Hall–Kier alpha value is -2.01. The number of aryl methyl sites for hydroxylation is 1. The molecule has 0 unspecified atom stereocenters. The van der Waals surface area contributed by atoms with Gasteiger partial charge in [-0.25, -0.2) is 0 Å². The highest BCUT2D eigenvalue weighted by Crippen LogP contribution is 2.17. The lowest BCUT2D eigenvalue weighted by atomic mass is 10.1. The third kappa shape index (κ3) is 2.29. The number of aromatic nitrogens is 2. The summed E-state index contributed by atoms with van der Waals surface area (Å²) in [5.74, 6) is 0.0269. The summed E-state index contributed by atoms with van der Waals surface area (Å²) >= 11 is 0. The van der Waals surface area contributed by atoms with Crippen LogP contribution in [0.4, 0.5) is 0 Å². The van der Waals surface area contributed by atoms with Crippen molar-refractivity contribution in [3.63, 3.8) is 0 Å². The number of amides is 1. The second kappa shape index (κ2) is 4.93. The first-order chi connectivity index (χ1) is 9.25. The van der Waals surface area contributed by atoms with Gasteiger partial charge in [-0.15, -0.1) is 0 Å². The topological polar surface area (TPSA) is 55.3 Å². The van der Waals surface area contributed by atoms with E-state index in [2.05, 4.69) is 9.97 Å². The third-order valence-electron chi connectivity index (χ3n) is 3.33. The summed E-state index contributed by atoms with van der Waals surface area (Å²) in [6.45, 7) is 4.36. The molecule has 1 aliphatic heterocycles.